The Kier molecular flexibility index (Phi) is 5.57. The van der Waals surface area contributed by atoms with Gasteiger partial charge < -0.3 is 23.9 Å². The number of rotatable bonds is 7. The van der Waals surface area contributed by atoms with E-state index >= 15 is 0 Å². The van der Waals surface area contributed by atoms with Crippen molar-refractivity contribution >= 4 is 11.9 Å². The highest BCUT2D eigenvalue weighted by molar-refractivity contribution is 5.88. The minimum Gasteiger partial charge on any atom is -0.478 e. The van der Waals surface area contributed by atoms with Crippen LogP contribution >= 0.6 is 0 Å². The van der Waals surface area contributed by atoms with Gasteiger partial charge in [-0.2, -0.15) is 0 Å². The van der Waals surface area contributed by atoms with Crippen LogP contribution in [0.1, 0.15) is 34.7 Å². The number of hydrogen-bond donors (Lipinski definition) is 1. The van der Waals surface area contributed by atoms with Gasteiger partial charge in [-0.1, -0.05) is 0 Å². The number of furan rings is 1. The number of amides is 1. The zero-order chi connectivity index (χ0) is 16.1. The lowest BCUT2D eigenvalue weighted by atomic mass is 10.2. The third-order valence-corrected chi connectivity index (χ3v) is 3.57. The Hall–Kier alpha value is -1.86. The van der Waals surface area contributed by atoms with Gasteiger partial charge in [-0.25, -0.2) is 4.79 Å². The summed E-state index contributed by atoms with van der Waals surface area (Å²) >= 11 is 0. The molecular weight excluding hydrogens is 290 g/mol. The molecule has 22 heavy (non-hydrogen) atoms. The summed E-state index contributed by atoms with van der Waals surface area (Å²) in [5, 5.41) is 8.97. The predicted molar refractivity (Wildman–Crippen MR) is 76.7 cm³/mol. The van der Waals surface area contributed by atoms with Gasteiger partial charge in [0.25, 0.3) is 0 Å². The molecule has 1 amide bonds. The summed E-state index contributed by atoms with van der Waals surface area (Å²) in [4.78, 5) is 24.3. The third-order valence-electron chi connectivity index (χ3n) is 3.57. The lowest BCUT2D eigenvalue weighted by molar-refractivity contribution is -0.136. The molecule has 0 bridgehead atoms. The molecule has 7 heteroatoms. The van der Waals surface area contributed by atoms with Crippen molar-refractivity contribution in [3.05, 3.63) is 23.2 Å². The van der Waals surface area contributed by atoms with Gasteiger partial charge in [0, 0.05) is 13.7 Å². The smallest absolute Gasteiger partial charge is 0.339 e. The number of nitrogens with zero attached hydrogens (tertiary/aromatic N) is 1. The number of carboxylic acids is 1. The molecule has 0 aromatic carbocycles. The normalized spacial score (nSPS) is 17.6. The van der Waals surface area contributed by atoms with Crippen LogP contribution in [0, 0.1) is 6.92 Å². The highest BCUT2D eigenvalue weighted by atomic mass is 16.5. The first-order valence-electron chi connectivity index (χ1n) is 7.23. The molecule has 122 valence electrons. The molecule has 1 N–H and O–H groups in total. The Morgan fingerprint density at radius 3 is 2.86 bits per heavy atom. The van der Waals surface area contributed by atoms with Crippen LogP contribution in [0.5, 0.6) is 0 Å². The summed E-state index contributed by atoms with van der Waals surface area (Å²) in [6.07, 6.45) is 2.09. The van der Waals surface area contributed by atoms with Crippen molar-refractivity contribution in [1.29, 1.82) is 0 Å². The van der Waals surface area contributed by atoms with E-state index in [0.29, 0.717) is 18.1 Å². The monoisotopic (exact) mass is 311 g/mol. The predicted octanol–water partition coefficient (Wildman–Crippen LogP) is 1.44. The lowest BCUT2D eigenvalue weighted by Gasteiger charge is -2.16. The highest BCUT2D eigenvalue weighted by Gasteiger charge is 2.19. The molecular formula is C15H21NO6. The molecule has 1 fully saturated rings. The second kappa shape index (κ2) is 7.42. The minimum absolute atomic E-state index is 0.0260. The Morgan fingerprint density at radius 1 is 1.50 bits per heavy atom. The number of hydrogen-bond acceptors (Lipinski definition) is 5. The lowest BCUT2D eigenvalue weighted by Crippen LogP contribution is -2.31. The topological polar surface area (TPSA) is 89.2 Å². The molecule has 1 saturated heterocycles. The Bertz CT molecular complexity index is 532. The molecule has 0 spiro atoms. The van der Waals surface area contributed by atoms with Crippen LogP contribution in [0.3, 0.4) is 0 Å². The Balaban J connectivity index is 1.78. The largest absolute Gasteiger partial charge is 0.478 e. The van der Waals surface area contributed by atoms with Gasteiger partial charge in [0.1, 0.15) is 23.7 Å². The second-order valence-electron chi connectivity index (χ2n) is 5.39. The maximum atomic E-state index is 11.9. The average molecular weight is 311 g/mol. The number of aromatic carboxylic acids is 1. The van der Waals surface area contributed by atoms with Crippen molar-refractivity contribution in [2.24, 2.45) is 0 Å². The fourth-order valence-corrected chi connectivity index (χ4v) is 2.32. The van der Waals surface area contributed by atoms with Crippen LogP contribution in [0.2, 0.25) is 0 Å². The summed E-state index contributed by atoms with van der Waals surface area (Å²) in [6.45, 7) is 2.94. The number of ether oxygens (including phenoxy) is 2. The van der Waals surface area contributed by atoms with Gasteiger partial charge in [0.05, 0.1) is 19.3 Å². The molecule has 7 nitrogen and oxygen atoms in total. The second-order valence-corrected chi connectivity index (χ2v) is 5.39. The average Bonchev–Trinajstić information content (AvgIpc) is 3.08. The molecule has 0 radical (unpaired) electrons. The van der Waals surface area contributed by atoms with Crippen LogP contribution in [-0.4, -0.2) is 54.9 Å². The van der Waals surface area contributed by atoms with Crippen LogP contribution in [0.15, 0.2) is 10.5 Å². The zero-order valence-electron chi connectivity index (χ0n) is 12.8. The fourth-order valence-electron chi connectivity index (χ4n) is 2.32. The molecule has 0 aliphatic carbocycles. The molecule has 2 rings (SSSR count). The standard InChI is InChI=1S/C15H21NO6/c1-10-13(15(18)19)6-12(22-10)7-16(2)14(17)9-20-8-11-4-3-5-21-11/h6,11H,3-5,7-9H2,1-2H3,(H,18,19)/t11-/m0/s1. The Labute approximate surface area is 128 Å². The fraction of sp³-hybridized carbons (Fsp3) is 0.600. The van der Waals surface area contributed by atoms with E-state index in [2.05, 4.69) is 0 Å². The van der Waals surface area contributed by atoms with E-state index in [1.165, 1.54) is 11.0 Å². The van der Waals surface area contributed by atoms with Crippen LogP contribution in [-0.2, 0) is 20.8 Å². The Morgan fingerprint density at radius 2 is 2.27 bits per heavy atom. The van der Waals surface area contributed by atoms with Crippen LogP contribution in [0.4, 0.5) is 0 Å². The zero-order valence-corrected chi connectivity index (χ0v) is 12.8. The maximum absolute atomic E-state index is 11.9. The first-order valence-corrected chi connectivity index (χ1v) is 7.23. The van der Waals surface area contributed by atoms with E-state index in [-0.39, 0.29) is 30.7 Å². The number of aryl methyl sites for hydroxylation is 1. The summed E-state index contributed by atoms with van der Waals surface area (Å²) < 4.78 is 16.1. The quantitative estimate of drug-likeness (QED) is 0.819. The summed E-state index contributed by atoms with van der Waals surface area (Å²) in [6, 6.07) is 1.44. The van der Waals surface area contributed by atoms with Crippen molar-refractivity contribution in [3.8, 4) is 0 Å². The SMILES string of the molecule is Cc1oc(CN(C)C(=O)COC[C@@H]2CCCO2)cc1C(=O)O. The highest BCUT2D eigenvalue weighted by Crippen LogP contribution is 2.16. The molecule has 1 aromatic rings. The molecule has 2 heterocycles. The van der Waals surface area contributed by atoms with Crippen LogP contribution < -0.4 is 0 Å². The molecule has 1 aromatic heterocycles. The maximum Gasteiger partial charge on any atom is 0.339 e. The number of carbonyl (C=O) groups excluding carboxylic acids is 1. The molecule has 1 aliphatic rings. The number of carbonyl (C=O) groups is 2. The number of carboxylic acid groups (broad SMARTS) is 1. The van der Waals surface area contributed by atoms with Crippen molar-refractivity contribution in [1.82, 2.24) is 4.90 Å². The summed E-state index contributed by atoms with van der Waals surface area (Å²) in [5.41, 5.74) is 0.116. The van der Waals surface area contributed by atoms with Crippen LogP contribution in [0.25, 0.3) is 0 Å². The third kappa shape index (κ3) is 4.32. The minimum atomic E-state index is -1.04. The molecule has 0 unspecified atom stereocenters. The van der Waals surface area contributed by atoms with E-state index in [1.807, 2.05) is 0 Å². The number of likely N-dealkylation sites (N-methyl/N-ethyl adjacent to an activating group) is 1. The van der Waals surface area contributed by atoms with Gasteiger partial charge in [0.15, 0.2) is 0 Å². The van der Waals surface area contributed by atoms with Gasteiger partial charge in [-0.3, -0.25) is 4.79 Å². The molecule has 1 atom stereocenters. The van der Waals surface area contributed by atoms with Gasteiger partial charge in [-0.05, 0) is 25.8 Å². The summed E-state index contributed by atoms with van der Waals surface area (Å²) in [7, 11) is 1.62. The van der Waals surface area contributed by atoms with Gasteiger partial charge in [-0.15, -0.1) is 0 Å². The van der Waals surface area contributed by atoms with Crippen molar-refractivity contribution in [2.75, 3.05) is 26.9 Å². The summed E-state index contributed by atoms with van der Waals surface area (Å²) in [5.74, 6) is -0.465. The molecule has 1 aliphatic heterocycles. The van der Waals surface area contributed by atoms with E-state index in [0.717, 1.165) is 19.4 Å². The first kappa shape index (κ1) is 16.5. The van der Waals surface area contributed by atoms with Crippen molar-refractivity contribution < 1.29 is 28.6 Å². The first-order chi connectivity index (χ1) is 10.5. The van der Waals surface area contributed by atoms with E-state index in [1.54, 1.807) is 14.0 Å². The van der Waals surface area contributed by atoms with Gasteiger partial charge >= 0.3 is 5.97 Å². The molecule has 0 saturated carbocycles. The van der Waals surface area contributed by atoms with E-state index in [9.17, 15) is 9.59 Å². The van der Waals surface area contributed by atoms with E-state index in [4.69, 9.17) is 19.0 Å². The van der Waals surface area contributed by atoms with Crippen molar-refractivity contribution in [3.63, 3.8) is 0 Å². The van der Waals surface area contributed by atoms with Gasteiger partial charge in [0.2, 0.25) is 5.91 Å². The van der Waals surface area contributed by atoms with Crippen molar-refractivity contribution in [2.45, 2.75) is 32.4 Å². The van der Waals surface area contributed by atoms with E-state index < -0.39 is 5.97 Å².